The molecule has 0 bridgehead atoms. The first-order valence-electron chi connectivity index (χ1n) is 5.04. The first-order chi connectivity index (χ1) is 7.28. The predicted molar refractivity (Wildman–Crippen MR) is 69.6 cm³/mol. The minimum atomic E-state index is 1.02. The van der Waals surface area contributed by atoms with Crippen LogP contribution in [0.25, 0.3) is 24.3 Å². The normalized spacial score (nSPS) is 13.7. The molecule has 0 radical (unpaired) electrons. The molecule has 0 aliphatic rings. The molecule has 1 N–H and O–H groups in total. The van der Waals surface area contributed by atoms with Gasteiger partial charge >= 0.3 is 0 Å². The van der Waals surface area contributed by atoms with Crippen molar-refractivity contribution in [2.75, 3.05) is 0 Å². The fourth-order valence-electron chi connectivity index (χ4n) is 1.55. The first-order valence-corrected chi connectivity index (χ1v) is 5.04. The lowest BCUT2D eigenvalue weighted by molar-refractivity contribution is 1.29. The van der Waals surface area contributed by atoms with Gasteiger partial charge in [0.25, 0.3) is 0 Å². The first kappa shape index (κ1) is 11.3. The standard InChI is InChI=1S/C14H17N/c1-5-9-10-12-11(6-2)13(7-3)15-14(12)8-4/h5-10,15H,2-3H2,1,4H3/b9-5-,12-10-,14-8+. The van der Waals surface area contributed by atoms with Crippen LogP contribution in [0.15, 0.2) is 25.3 Å². The van der Waals surface area contributed by atoms with Crippen LogP contribution in [0.1, 0.15) is 25.1 Å². The van der Waals surface area contributed by atoms with Crippen molar-refractivity contribution in [2.45, 2.75) is 13.8 Å². The zero-order chi connectivity index (χ0) is 11.3. The molecule has 0 aliphatic heterocycles. The van der Waals surface area contributed by atoms with E-state index in [0.717, 1.165) is 16.6 Å². The number of allylic oxidation sites excluding steroid dienone is 2. The van der Waals surface area contributed by atoms with Crippen LogP contribution in [0, 0.1) is 0 Å². The van der Waals surface area contributed by atoms with Gasteiger partial charge in [-0.3, -0.25) is 0 Å². The second kappa shape index (κ2) is 5.20. The smallest absolute Gasteiger partial charge is 0.0458 e. The van der Waals surface area contributed by atoms with E-state index in [4.69, 9.17) is 0 Å². The summed E-state index contributed by atoms with van der Waals surface area (Å²) < 4.78 is 0. The maximum absolute atomic E-state index is 3.83. The lowest BCUT2D eigenvalue weighted by Gasteiger charge is -1.88. The Morgan fingerprint density at radius 3 is 2.33 bits per heavy atom. The molecule has 1 heteroatoms. The fraction of sp³-hybridized carbons (Fsp3) is 0.143. The summed E-state index contributed by atoms with van der Waals surface area (Å²) in [6.07, 6.45) is 11.8. The van der Waals surface area contributed by atoms with Gasteiger partial charge in [-0.05, 0) is 19.9 Å². The van der Waals surface area contributed by atoms with E-state index >= 15 is 0 Å². The number of hydrogen-bond donors (Lipinski definition) is 1. The number of aromatic amines is 1. The van der Waals surface area contributed by atoms with E-state index in [1.54, 1.807) is 0 Å². The van der Waals surface area contributed by atoms with Gasteiger partial charge < -0.3 is 4.98 Å². The fourth-order valence-corrected chi connectivity index (χ4v) is 1.55. The molecule has 1 aromatic rings. The van der Waals surface area contributed by atoms with Crippen molar-refractivity contribution >= 4 is 24.3 Å². The molecule has 0 saturated carbocycles. The Morgan fingerprint density at radius 1 is 1.13 bits per heavy atom. The summed E-state index contributed by atoms with van der Waals surface area (Å²) in [6, 6.07) is 0. The largest absolute Gasteiger partial charge is 0.355 e. The van der Waals surface area contributed by atoms with Crippen LogP contribution in [0.2, 0.25) is 0 Å². The minimum absolute atomic E-state index is 1.02. The molecule has 0 amide bonds. The van der Waals surface area contributed by atoms with Gasteiger partial charge in [0.1, 0.15) is 0 Å². The minimum Gasteiger partial charge on any atom is -0.355 e. The van der Waals surface area contributed by atoms with Crippen LogP contribution in [0.3, 0.4) is 0 Å². The SMILES string of the molecule is C=Cc1[nH]c(=C/C)/c(=C\C=C/C)c1C=C. The van der Waals surface area contributed by atoms with E-state index < -0.39 is 0 Å². The average Bonchev–Trinajstić information content (AvgIpc) is 2.62. The Morgan fingerprint density at radius 2 is 1.87 bits per heavy atom. The van der Waals surface area contributed by atoms with Gasteiger partial charge in [0.15, 0.2) is 0 Å². The third kappa shape index (κ3) is 2.18. The quantitative estimate of drug-likeness (QED) is 0.769. The topological polar surface area (TPSA) is 15.8 Å². The molecule has 78 valence electrons. The highest BCUT2D eigenvalue weighted by Gasteiger charge is 2.00. The Labute approximate surface area is 90.8 Å². The molecular formula is C14H17N. The summed E-state index contributed by atoms with van der Waals surface area (Å²) in [5, 5.41) is 2.28. The summed E-state index contributed by atoms with van der Waals surface area (Å²) in [5.41, 5.74) is 2.13. The van der Waals surface area contributed by atoms with Gasteiger partial charge in [-0.25, -0.2) is 0 Å². The van der Waals surface area contributed by atoms with Crippen LogP contribution in [0.4, 0.5) is 0 Å². The van der Waals surface area contributed by atoms with Crippen LogP contribution in [-0.2, 0) is 0 Å². The molecule has 1 nitrogen and oxygen atoms in total. The zero-order valence-electron chi connectivity index (χ0n) is 9.38. The molecule has 15 heavy (non-hydrogen) atoms. The maximum atomic E-state index is 3.83. The highest BCUT2D eigenvalue weighted by molar-refractivity contribution is 5.64. The highest BCUT2D eigenvalue weighted by atomic mass is 14.7. The highest BCUT2D eigenvalue weighted by Crippen LogP contribution is 2.01. The number of nitrogens with one attached hydrogen (secondary N) is 1. The van der Waals surface area contributed by atoms with Crippen LogP contribution >= 0.6 is 0 Å². The van der Waals surface area contributed by atoms with Crippen LogP contribution in [-0.4, -0.2) is 4.98 Å². The molecule has 0 saturated heterocycles. The second-order valence-corrected chi connectivity index (χ2v) is 3.17. The molecular weight excluding hydrogens is 182 g/mol. The van der Waals surface area contributed by atoms with Crippen molar-refractivity contribution < 1.29 is 0 Å². The van der Waals surface area contributed by atoms with E-state index in [1.165, 1.54) is 5.22 Å². The van der Waals surface area contributed by atoms with Crippen molar-refractivity contribution in [2.24, 2.45) is 0 Å². The number of rotatable bonds is 3. The summed E-state index contributed by atoms with van der Waals surface area (Å²) in [5.74, 6) is 0. The average molecular weight is 199 g/mol. The summed E-state index contributed by atoms with van der Waals surface area (Å²) in [7, 11) is 0. The summed E-state index contributed by atoms with van der Waals surface area (Å²) in [4.78, 5) is 3.30. The Balaban J connectivity index is 3.66. The van der Waals surface area contributed by atoms with Crippen LogP contribution < -0.4 is 10.6 Å². The van der Waals surface area contributed by atoms with Gasteiger partial charge in [0.05, 0.1) is 0 Å². The lowest BCUT2D eigenvalue weighted by atomic mass is 10.2. The molecule has 0 aliphatic carbocycles. The molecule has 1 aromatic heterocycles. The number of hydrogen-bond acceptors (Lipinski definition) is 0. The van der Waals surface area contributed by atoms with Gasteiger partial charge in [0, 0.05) is 21.8 Å². The van der Waals surface area contributed by atoms with Crippen LogP contribution in [0.5, 0.6) is 0 Å². The lowest BCUT2D eigenvalue weighted by Crippen LogP contribution is -2.23. The van der Waals surface area contributed by atoms with E-state index in [1.807, 2.05) is 38.2 Å². The van der Waals surface area contributed by atoms with Crippen molar-refractivity contribution in [3.63, 3.8) is 0 Å². The second-order valence-electron chi connectivity index (χ2n) is 3.17. The molecule has 0 unspecified atom stereocenters. The van der Waals surface area contributed by atoms with Gasteiger partial charge in [-0.1, -0.05) is 43.5 Å². The molecule has 1 rings (SSSR count). The molecule has 0 spiro atoms. The molecule has 0 atom stereocenters. The predicted octanol–water partition coefficient (Wildman–Crippen LogP) is 2.46. The third-order valence-corrected chi connectivity index (χ3v) is 2.29. The summed E-state index contributed by atoms with van der Waals surface area (Å²) in [6.45, 7) is 11.6. The van der Waals surface area contributed by atoms with Gasteiger partial charge in [0.2, 0.25) is 0 Å². The third-order valence-electron chi connectivity index (χ3n) is 2.29. The molecule has 0 aromatic carbocycles. The number of aromatic nitrogens is 1. The Hall–Kier alpha value is -1.76. The van der Waals surface area contributed by atoms with Crippen molar-refractivity contribution in [3.8, 4) is 0 Å². The van der Waals surface area contributed by atoms with Crippen molar-refractivity contribution in [1.82, 2.24) is 4.98 Å². The molecule has 0 fully saturated rings. The van der Waals surface area contributed by atoms with E-state index in [2.05, 4.69) is 30.3 Å². The van der Waals surface area contributed by atoms with Gasteiger partial charge in [-0.15, -0.1) is 0 Å². The van der Waals surface area contributed by atoms with Gasteiger partial charge in [-0.2, -0.15) is 0 Å². The van der Waals surface area contributed by atoms with E-state index in [-0.39, 0.29) is 0 Å². The molecule has 1 heterocycles. The summed E-state index contributed by atoms with van der Waals surface area (Å²) >= 11 is 0. The van der Waals surface area contributed by atoms with Crippen molar-refractivity contribution in [1.29, 1.82) is 0 Å². The number of H-pyrrole nitrogens is 1. The Bertz CT molecular complexity index is 498. The maximum Gasteiger partial charge on any atom is 0.0458 e. The van der Waals surface area contributed by atoms with E-state index in [9.17, 15) is 0 Å². The van der Waals surface area contributed by atoms with Crippen molar-refractivity contribution in [3.05, 3.63) is 47.1 Å². The monoisotopic (exact) mass is 199 g/mol. The van der Waals surface area contributed by atoms with E-state index in [0.29, 0.717) is 0 Å². The Kier molecular flexibility index (Phi) is 3.92. The zero-order valence-corrected chi connectivity index (χ0v) is 9.38.